The Morgan fingerprint density at radius 2 is 1.53 bits per heavy atom. The number of carbonyl (C=O) groups is 2. The third-order valence-corrected chi connectivity index (χ3v) is 3.69. The second-order valence-electron chi connectivity index (χ2n) is 3.94. The molecule has 2 aromatic rings. The first-order valence-electron chi connectivity index (χ1n) is 5.25. The van der Waals surface area contributed by atoms with Crippen molar-refractivity contribution in [1.29, 1.82) is 0 Å². The molecule has 0 fully saturated rings. The van der Waals surface area contributed by atoms with Crippen molar-refractivity contribution in [3.05, 3.63) is 45.0 Å². The van der Waals surface area contributed by atoms with Crippen molar-refractivity contribution >= 4 is 44.9 Å². The van der Waals surface area contributed by atoms with Gasteiger partial charge in [-0.3, -0.25) is 9.59 Å². The van der Waals surface area contributed by atoms with Crippen LogP contribution in [0.5, 0.6) is 0 Å². The molecule has 0 unspecified atom stereocenters. The number of carbonyl (C=O) groups excluding carboxylic acids is 2. The molecule has 0 aliphatic rings. The fourth-order valence-electron chi connectivity index (χ4n) is 1.96. The lowest BCUT2D eigenvalue weighted by molar-refractivity contribution is 0.101. The van der Waals surface area contributed by atoms with Gasteiger partial charge in [0.1, 0.15) is 0 Å². The zero-order chi connectivity index (χ0) is 12.6. The lowest BCUT2D eigenvalue weighted by Gasteiger charge is -2.09. The summed E-state index contributed by atoms with van der Waals surface area (Å²) in [6.07, 6.45) is 0. The predicted molar refractivity (Wildman–Crippen MR) is 76.7 cm³/mol. The molecule has 0 spiro atoms. The highest BCUT2D eigenvalue weighted by Gasteiger charge is 2.13. The second-order valence-corrected chi connectivity index (χ2v) is 5.10. The van der Waals surface area contributed by atoms with Crippen molar-refractivity contribution in [2.24, 2.45) is 0 Å². The predicted octanol–water partition coefficient (Wildman–Crippen LogP) is 3.85. The van der Waals surface area contributed by atoms with Gasteiger partial charge in [0.25, 0.3) is 0 Å². The van der Waals surface area contributed by atoms with Gasteiger partial charge in [0.05, 0.1) is 0 Å². The fraction of sp³-hybridized carbons (Fsp3) is 0.143. The monoisotopic (exact) mass is 338 g/mol. The maximum atomic E-state index is 11.6. The molecule has 3 heteroatoms. The van der Waals surface area contributed by atoms with Crippen LogP contribution in [-0.2, 0) is 0 Å². The Kier molecular flexibility index (Phi) is 3.28. The lowest BCUT2D eigenvalue weighted by atomic mass is 9.95. The molecule has 0 aliphatic carbocycles. The molecular weight excluding hydrogens is 327 g/mol. The standard InChI is InChI=1S/C14H11IO2/c1-8(16)10-4-3-5-12-13(15)7-6-11(9(2)17)14(10)12/h3-7H,1-2H3. The molecule has 0 amide bonds. The van der Waals surface area contributed by atoms with E-state index in [1.807, 2.05) is 18.2 Å². The van der Waals surface area contributed by atoms with Gasteiger partial charge in [-0.05, 0) is 54.0 Å². The summed E-state index contributed by atoms with van der Waals surface area (Å²) in [5.74, 6) is -0.0276. The van der Waals surface area contributed by atoms with E-state index in [-0.39, 0.29) is 11.6 Å². The summed E-state index contributed by atoms with van der Waals surface area (Å²) in [6.45, 7) is 3.05. The van der Waals surface area contributed by atoms with Crippen LogP contribution in [-0.4, -0.2) is 11.6 Å². The summed E-state index contributed by atoms with van der Waals surface area (Å²) in [5, 5.41) is 1.74. The molecule has 86 valence electrons. The van der Waals surface area contributed by atoms with Crippen LogP contribution in [0.25, 0.3) is 10.8 Å². The number of hydrogen-bond acceptors (Lipinski definition) is 2. The Morgan fingerprint density at radius 1 is 0.941 bits per heavy atom. The van der Waals surface area contributed by atoms with Gasteiger partial charge in [-0.1, -0.05) is 18.2 Å². The van der Waals surface area contributed by atoms with Crippen molar-refractivity contribution in [3.8, 4) is 0 Å². The van der Waals surface area contributed by atoms with Gasteiger partial charge in [-0.25, -0.2) is 0 Å². The zero-order valence-corrected chi connectivity index (χ0v) is 11.7. The molecule has 17 heavy (non-hydrogen) atoms. The molecular formula is C14H11IO2. The van der Waals surface area contributed by atoms with E-state index < -0.39 is 0 Å². The SMILES string of the molecule is CC(=O)c1cccc2c(I)ccc(C(C)=O)c12. The normalized spacial score (nSPS) is 10.5. The minimum atomic E-state index is -0.0138. The van der Waals surface area contributed by atoms with Crippen LogP contribution in [0.2, 0.25) is 0 Å². The summed E-state index contributed by atoms with van der Waals surface area (Å²) < 4.78 is 1.05. The number of benzene rings is 2. The van der Waals surface area contributed by atoms with Crippen molar-refractivity contribution < 1.29 is 9.59 Å². The Bertz CT molecular complexity index is 609. The van der Waals surface area contributed by atoms with Gasteiger partial charge in [-0.2, -0.15) is 0 Å². The average Bonchev–Trinajstić information content (AvgIpc) is 2.28. The zero-order valence-electron chi connectivity index (χ0n) is 9.58. The largest absolute Gasteiger partial charge is 0.294 e. The number of halogens is 1. The van der Waals surface area contributed by atoms with Crippen LogP contribution in [0.4, 0.5) is 0 Å². The lowest BCUT2D eigenvalue weighted by Crippen LogP contribution is -2.01. The number of ketones is 2. The van der Waals surface area contributed by atoms with Crippen LogP contribution in [0, 0.1) is 3.57 Å². The summed E-state index contributed by atoms with van der Waals surface area (Å²) in [7, 11) is 0. The maximum Gasteiger partial charge on any atom is 0.160 e. The van der Waals surface area contributed by atoms with E-state index in [0.717, 1.165) is 14.3 Å². The van der Waals surface area contributed by atoms with Crippen LogP contribution in [0.1, 0.15) is 34.6 Å². The van der Waals surface area contributed by atoms with E-state index in [1.54, 1.807) is 12.1 Å². The highest BCUT2D eigenvalue weighted by Crippen LogP contribution is 2.28. The molecule has 0 radical (unpaired) electrons. The van der Waals surface area contributed by atoms with E-state index >= 15 is 0 Å². The third-order valence-electron chi connectivity index (χ3n) is 2.75. The minimum Gasteiger partial charge on any atom is -0.294 e. The quantitative estimate of drug-likeness (QED) is 0.616. The molecule has 0 saturated heterocycles. The second kappa shape index (κ2) is 4.56. The van der Waals surface area contributed by atoms with Crippen LogP contribution in [0.3, 0.4) is 0 Å². The van der Waals surface area contributed by atoms with Crippen molar-refractivity contribution in [3.63, 3.8) is 0 Å². The highest BCUT2D eigenvalue weighted by molar-refractivity contribution is 14.1. The molecule has 2 aromatic carbocycles. The molecule has 2 nitrogen and oxygen atoms in total. The van der Waals surface area contributed by atoms with E-state index in [4.69, 9.17) is 0 Å². The summed E-state index contributed by atoms with van der Waals surface area (Å²) >= 11 is 2.22. The van der Waals surface area contributed by atoms with Gasteiger partial charge in [0, 0.05) is 20.1 Å². The number of hydrogen-bond donors (Lipinski definition) is 0. The van der Waals surface area contributed by atoms with Crippen LogP contribution < -0.4 is 0 Å². The van der Waals surface area contributed by atoms with Gasteiger partial charge in [-0.15, -0.1) is 0 Å². The molecule has 0 bridgehead atoms. The molecule has 0 aliphatic heterocycles. The number of fused-ring (bicyclic) bond motifs is 1. The topological polar surface area (TPSA) is 34.1 Å². The summed E-state index contributed by atoms with van der Waals surface area (Å²) in [5.41, 5.74) is 1.23. The molecule has 0 saturated carbocycles. The van der Waals surface area contributed by atoms with Crippen molar-refractivity contribution in [2.45, 2.75) is 13.8 Å². The van der Waals surface area contributed by atoms with Gasteiger partial charge < -0.3 is 0 Å². The molecule has 0 N–H and O–H groups in total. The van der Waals surface area contributed by atoms with Gasteiger partial charge in [0.2, 0.25) is 0 Å². The number of Topliss-reactive ketones (excluding diaryl/α,β-unsaturated/α-hetero) is 2. The molecule has 0 atom stereocenters. The smallest absolute Gasteiger partial charge is 0.160 e. The Labute approximate surface area is 113 Å². The van der Waals surface area contributed by atoms with E-state index in [1.165, 1.54) is 13.8 Å². The van der Waals surface area contributed by atoms with E-state index in [0.29, 0.717) is 11.1 Å². The van der Waals surface area contributed by atoms with Crippen LogP contribution in [0.15, 0.2) is 30.3 Å². The van der Waals surface area contributed by atoms with Crippen LogP contribution >= 0.6 is 22.6 Å². The summed E-state index contributed by atoms with van der Waals surface area (Å²) in [4.78, 5) is 23.3. The van der Waals surface area contributed by atoms with Crippen molar-refractivity contribution in [2.75, 3.05) is 0 Å². The third kappa shape index (κ3) is 2.11. The van der Waals surface area contributed by atoms with E-state index in [9.17, 15) is 9.59 Å². The maximum absolute atomic E-state index is 11.6. The summed E-state index contributed by atoms with van der Waals surface area (Å²) in [6, 6.07) is 9.26. The van der Waals surface area contributed by atoms with Gasteiger partial charge >= 0.3 is 0 Å². The molecule has 2 rings (SSSR count). The van der Waals surface area contributed by atoms with E-state index in [2.05, 4.69) is 22.6 Å². The molecule has 0 heterocycles. The first-order valence-corrected chi connectivity index (χ1v) is 6.33. The minimum absolute atomic E-state index is 0.0138. The average molecular weight is 338 g/mol. The molecule has 0 aromatic heterocycles. The number of rotatable bonds is 2. The Hall–Kier alpha value is -1.23. The first-order chi connectivity index (χ1) is 8.02. The Morgan fingerprint density at radius 3 is 2.12 bits per heavy atom. The van der Waals surface area contributed by atoms with Gasteiger partial charge in [0.15, 0.2) is 11.6 Å². The van der Waals surface area contributed by atoms with Crippen molar-refractivity contribution in [1.82, 2.24) is 0 Å². The first kappa shape index (κ1) is 12.2. The highest BCUT2D eigenvalue weighted by atomic mass is 127. The Balaban J connectivity index is 2.99. The fourth-order valence-corrected chi connectivity index (χ4v) is 2.59.